The number of hydrogen-bond donors (Lipinski definition) is 2. The van der Waals surface area contributed by atoms with Crippen LogP contribution in [-0.4, -0.2) is 40.1 Å². The van der Waals surface area contributed by atoms with Gasteiger partial charge in [0.1, 0.15) is 5.75 Å². The third kappa shape index (κ3) is 3.05. The largest absolute Gasteiger partial charge is 0.508 e. The molecular weight excluding hydrogens is 246 g/mol. The van der Waals surface area contributed by atoms with Gasteiger partial charge in [-0.05, 0) is 23.6 Å². The summed E-state index contributed by atoms with van der Waals surface area (Å²) in [7, 11) is 0. The first-order valence-electron chi connectivity index (χ1n) is 6.26. The van der Waals surface area contributed by atoms with E-state index in [0.29, 0.717) is 6.54 Å². The van der Waals surface area contributed by atoms with Crippen LogP contribution in [-0.2, 0) is 16.0 Å². The van der Waals surface area contributed by atoms with Crippen molar-refractivity contribution in [2.45, 2.75) is 13.3 Å². The Morgan fingerprint density at radius 2 is 1.89 bits per heavy atom. The molecule has 0 spiro atoms. The number of rotatable bonds is 3. The Labute approximate surface area is 111 Å². The molecule has 102 valence electrons. The first-order chi connectivity index (χ1) is 8.97. The number of carboxylic acid groups (broad SMARTS) is 1. The molecule has 0 aliphatic carbocycles. The van der Waals surface area contributed by atoms with Gasteiger partial charge in [0.2, 0.25) is 5.91 Å². The molecule has 1 aromatic carbocycles. The van der Waals surface area contributed by atoms with Gasteiger partial charge in [0.25, 0.3) is 0 Å². The van der Waals surface area contributed by atoms with Crippen molar-refractivity contribution in [2.24, 2.45) is 11.8 Å². The van der Waals surface area contributed by atoms with E-state index < -0.39 is 11.9 Å². The van der Waals surface area contributed by atoms with E-state index in [9.17, 15) is 14.7 Å². The highest BCUT2D eigenvalue weighted by molar-refractivity contribution is 5.81. The maximum absolute atomic E-state index is 12.1. The van der Waals surface area contributed by atoms with Crippen molar-refractivity contribution in [1.82, 2.24) is 4.90 Å². The summed E-state index contributed by atoms with van der Waals surface area (Å²) in [4.78, 5) is 24.7. The standard InChI is InChI=1S/C14H17NO4/c1-9-7-15(8-12(9)14(18)19)13(17)6-10-2-4-11(16)5-3-10/h2-5,9,12,16H,6-8H2,1H3,(H,18,19)/t9-,12-/m1/s1. The molecule has 1 heterocycles. The predicted octanol–water partition coefficient (Wildman–Crippen LogP) is 1.11. The summed E-state index contributed by atoms with van der Waals surface area (Å²) in [5.74, 6) is -1.23. The first-order valence-corrected chi connectivity index (χ1v) is 6.26. The monoisotopic (exact) mass is 263 g/mol. The van der Waals surface area contributed by atoms with Crippen molar-refractivity contribution < 1.29 is 19.8 Å². The summed E-state index contributed by atoms with van der Waals surface area (Å²) in [5, 5.41) is 18.2. The molecule has 0 bridgehead atoms. The smallest absolute Gasteiger partial charge is 0.308 e. The first kappa shape index (κ1) is 13.4. The van der Waals surface area contributed by atoms with Gasteiger partial charge in [0.15, 0.2) is 0 Å². The fourth-order valence-electron chi connectivity index (χ4n) is 2.39. The number of phenols is 1. The number of carbonyl (C=O) groups is 2. The zero-order valence-electron chi connectivity index (χ0n) is 10.7. The average Bonchev–Trinajstić information content (AvgIpc) is 2.74. The molecule has 1 amide bonds. The molecule has 1 aliphatic heterocycles. The third-order valence-corrected chi connectivity index (χ3v) is 3.57. The molecule has 0 saturated carbocycles. The lowest BCUT2D eigenvalue weighted by atomic mass is 9.99. The molecule has 1 aromatic rings. The highest BCUT2D eigenvalue weighted by Crippen LogP contribution is 2.24. The van der Waals surface area contributed by atoms with E-state index in [1.807, 2.05) is 6.92 Å². The molecular formula is C14H17NO4. The molecule has 0 aromatic heterocycles. The van der Waals surface area contributed by atoms with Crippen LogP contribution in [0.25, 0.3) is 0 Å². The number of phenolic OH excluding ortho intramolecular Hbond substituents is 1. The highest BCUT2D eigenvalue weighted by Gasteiger charge is 2.36. The van der Waals surface area contributed by atoms with Crippen LogP contribution in [0.4, 0.5) is 0 Å². The van der Waals surface area contributed by atoms with Gasteiger partial charge in [-0.1, -0.05) is 19.1 Å². The number of aliphatic carboxylic acids is 1. The van der Waals surface area contributed by atoms with E-state index in [-0.39, 0.29) is 30.5 Å². The second-order valence-corrected chi connectivity index (χ2v) is 5.06. The number of hydrogen-bond acceptors (Lipinski definition) is 3. The Morgan fingerprint density at radius 1 is 1.26 bits per heavy atom. The van der Waals surface area contributed by atoms with Gasteiger partial charge in [0.05, 0.1) is 12.3 Å². The lowest BCUT2D eigenvalue weighted by Gasteiger charge is -2.15. The zero-order chi connectivity index (χ0) is 14.0. The van der Waals surface area contributed by atoms with Crippen molar-refractivity contribution in [3.05, 3.63) is 29.8 Å². The Bertz CT molecular complexity index is 483. The lowest BCUT2D eigenvalue weighted by molar-refractivity contribution is -0.142. The fraction of sp³-hybridized carbons (Fsp3) is 0.429. The molecule has 5 nitrogen and oxygen atoms in total. The zero-order valence-corrected chi connectivity index (χ0v) is 10.7. The Balaban J connectivity index is 1.98. The number of likely N-dealkylation sites (tertiary alicyclic amines) is 1. The fourth-order valence-corrected chi connectivity index (χ4v) is 2.39. The normalized spacial score (nSPS) is 22.5. The minimum absolute atomic E-state index is 0.0127. The van der Waals surface area contributed by atoms with Gasteiger partial charge >= 0.3 is 5.97 Å². The molecule has 2 atom stereocenters. The van der Waals surface area contributed by atoms with E-state index in [4.69, 9.17) is 5.11 Å². The summed E-state index contributed by atoms with van der Waals surface area (Å²) in [6, 6.07) is 6.47. The van der Waals surface area contributed by atoms with Crippen LogP contribution in [0.5, 0.6) is 5.75 Å². The maximum Gasteiger partial charge on any atom is 0.308 e. The van der Waals surface area contributed by atoms with Gasteiger partial charge in [0, 0.05) is 13.1 Å². The van der Waals surface area contributed by atoms with Crippen molar-refractivity contribution in [3.8, 4) is 5.75 Å². The minimum Gasteiger partial charge on any atom is -0.508 e. The average molecular weight is 263 g/mol. The summed E-state index contributed by atoms with van der Waals surface area (Å²) in [6.45, 7) is 2.63. The van der Waals surface area contributed by atoms with Gasteiger partial charge in [-0.2, -0.15) is 0 Å². The molecule has 5 heteroatoms. The van der Waals surface area contributed by atoms with Crippen LogP contribution >= 0.6 is 0 Å². The van der Waals surface area contributed by atoms with Crippen LogP contribution < -0.4 is 0 Å². The maximum atomic E-state index is 12.1. The number of nitrogens with zero attached hydrogens (tertiary/aromatic N) is 1. The topological polar surface area (TPSA) is 77.8 Å². The molecule has 0 unspecified atom stereocenters. The van der Waals surface area contributed by atoms with Crippen LogP contribution in [0.1, 0.15) is 12.5 Å². The number of amides is 1. The molecule has 0 radical (unpaired) electrons. The van der Waals surface area contributed by atoms with Crippen molar-refractivity contribution in [2.75, 3.05) is 13.1 Å². The Hall–Kier alpha value is -2.04. The highest BCUT2D eigenvalue weighted by atomic mass is 16.4. The molecule has 2 N–H and O–H groups in total. The third-order valence-electron chi connectivity index (χ3n) is 3.57. The summed E-state index contributed by atoms with van der Waals surface area (Å²) in [6.07, 6.45) is 0.235. The number of benzene rings is 1. The summed E-state index contributed by atoms with van der Waals surface area (Å²) < 4.78 is 0. The second kappa shape index (κ2) is 5.30. The molecule has 1 saturated heterocycles. The minimum atomic E-state index is -0.840. The van der Waals surface area contributed by atoms with Crippen molar-refractivity contribution in [1.29, 1.82) is 0 Å². The van der Waals surface area contributed by atoms with Crippen LogP contribution in [0.15, 0.2) is 24.3 Å². The van der Waals surface area contributed by atoms with Crippen LogP contribution in [0.2, 0.25) is 0 Å². The SMILES string of the molecule is C[C@@H]1CN(C(=O)Cc2ccc(O)cc2)C[C@H]1C(=O)O. The van der Waals surface area contributed by atoms with E-state index in [1.54, 1.807) is 17.0 Å². The summed E-state index contributed by atoms with van der Waals surface area (Å²) in [5.41, 5.74) is 0.814. The van der Waals surface area contributed by atoms with E-state index in [1.165, 1.54) is 12.1 Å². The molecule has 1 fully saturated rings. The van der Waals surface area contributed by atoms with Gasteiger partial charge in [-0.3, -0.25) is 9.59 Å². The summed E-state index contributed by atoms with van der Waals surface area (Å²) >= 11 is 0. The second-order valence-electron chi connectivity index (χ2n) is 5.06. The van der Waals surface area contributed by atoms with Crippen molar-refractivity contribution >= 4 is 11.9 Å². The Kier molecular flexibility index (Phi) is 3.74. The van der Waals surface area contributed by atoms with Gasteiger partial charge in [-0.15, -0.1) is 0 Å². The van der Waals surface area contributed by atoms with Crippen LogP contribution in [0.3, 0.4) is 0 Å². The quantitative estimate of drug-likeness (QED) is 0.856. The van der Waals surface area contributed by atoms with Gasteiger partial charge in [-0.25, -0.2) is 0 Å². The number of aromatic hydroxyl groups is 1. The van der Waals surface area contributed by atoms with Crippen molar-refractivity contribution in [3.63, 3.8) is 0 Å². The molecule has 1 aliphatic rings. The number of carboxylic acids is 1. The predicted molar refractivity (Wildman–Crippen MR) is 68.7 cm³/mol. The van der Waals surface area contributed by atoms with E-state index in [0.717, 1.165) is 5.56 Å². The van der Waals surface area contributed by atoms with Gasteiger partial charge < -0.3 is 15.1 Å². The van der Waals surface area contributed by atoms with Crippen LogP contribution in [0, 0.1) is 11.8 Å². The molecule has 19 heavy (non-hydrogen) atoms. The lowest BCUT2D eigenvalue weighted by Crippen LogP contribution is -2.31. The van der Waals surface area contributed by atoms with E-state index in [2.05, 4.69) is 0 Å². The number of carbonyl (C=O) groups excluding carboxylic acids is 1. The Morgan fingerprint density at radius 3 is 2.42 bits per heavy atom. The van der Waals surface area contributed by atoms with E-state index >= 15 is 0 Å². The molecule has 2 rings (SSSR count).